The Hall–Kier alpha value is -1.30. The van der Waals surface area contributed by atoms with E-state index in [1.54, 1.807) is 25.3 Å². The lowest BCUT2D eigenvalue weighted by molar-refractivity contribution is -0.122. The highest BCUT2D eigenvalue weighted by Crippen LogP contribution is 2.23. The third kappa shape index (κ3) is 3.10. The number of hydrogen-bond acceptors (Lipinski definition) is 4. The van der Waals surface area contributed by atoms with Gasteiger partial charge < -0.3 is 10.5 Å². The topological polar surface area (TPSA) is 90.4 Å². The molecule has 1 rings (SSSR count). The number of benzene rings is 1. The second kappa shape index (κ2) is 5.69. The molecule has 0 aliphatic carbocycles. The van der Waals surface area contributed by atoms with Crippen LogP contribution in [0.2, 0.25) is 5.02 Å². The van der Waals surface area contributed by atoms with E-state index < -0.39 is 11.9 Å². The second-order valence-corrected chi connectivity index (χ2v) is 3.71. The van der Waals surface area contributed by atoms with Crippen molar-refractivity contribution in [2.24, 2.45) is 11.6 Å². The Balaban J connectivity index is 2.86. The van der Waals surface area contributed by atoms with Crippen molar-refractivity contribution in [3.05, 3.63) is 28.8 Å². The Morgan fingerprint density at radius 3 is 2.88 bits per heavy atom. The van der Waals surface area contributed by atoms with Gasteiger partial charge in [-0.05, 0) is 23.8 Å². The zero-order chi connectivity index (χ0) is 12.1. The van der Waals surface area contributed by atoms with Gasteiger partial charge in [-0.1, -0.05) is 11.6 Å². The van der Waals surface area contributed by atoms with Gasteiger partial charge in [-0.15, -0.1) is 0 Å². The Labute approximate surface area is 98.7 Å². The van der Waals surface area contributed by atoms with Gasteiger partial charge in [0.05, 0.1) is 13.2 Å². The van der Waals surface area contributed by atoms with Gasteiger partial charge in [0.15, 0.2) is 0 Å². The molecular weight excluding hydrogens is 230 g/mol. The van der Waals surface area contributed by atoms with Gasteiger partial charge in [0.1, 0.15) is 5.75 Å². The van der Waals surface area contributed by atoms with Gasteiger partial charge >= 0.3 is 0 Å². The number of methoxy groups -OCH3 is 1. The van der Waals surface area contributed by atoms with Gasteiger partial charge in [-0.2, -0.15) is 0 Å². The molecule has 0 aromatic heterocycles. The van der Waals surface area contributed by atoms with E-state index >= 15 is 0 Å². The summed E-state index contributed by atoms with van der Waals surface area (Å²) in [6.45, 7) is 0. The quantitative estimate of drug-likeness (QED) is 0.401. The molecule has 1 aromatic rings. The van der Waals surface area contributed by atoms with E-state index in [4.69, 9.17) is 27.9 Å². The third-order valence-corrected chi connectivity index (χ3v) is 2.40. The SMILES string of the molecule is COc1ccc(Cl)cc1CC(N)C(=O)NN. The molecule has 0 bridgehead atoms. The summed E-state index contributed by atoms with van der Waals surface area (Å²) < 4.78 is 5.14. The number of carbonyl (C=O) groups excluding carboxylic acids is 1. The smallest absolute Gasteiger partial charge is 0.251 e. The van der Waals surface area contributed by atoms with Gasteiger partial charge in [0.25, 0.3) is 5.91 Å². The first-order valence-corrected chi connectivity index (χ1v) is 5.04. The summed E-state index contributed by atoms with van der Waals surface area (Å²) in [6.07, 6.45) is 0.312. The molecule has 0 spiro atoms. The van der Waals surface area contributed by atoms with Crippen LogP contribution in [0, 0.1) is 0 Å². The number of rotatable bonds is 4. The molecule has 1 atom stereocenters. The van der Waals surface area contributed by atoms with Crippen LogP contribution in [-0.4, -0.2) is 19.1 Å². The van der Waals surface area contributed by atoms with E-state index in [0.29, 0.717) is 17.2 Å². The van der Waals surface area contributed by atoms with Crippen molar-refractivity contribution in [3.63, 3.8) is 0 Å². The summed E-state index contributed by atoms with van der Waals surface area (Å²) in [5.41, 5.74) is 8.41. The Kier molecular flexibility index (Phi) is 4.54. The molecule has 1 amide bonds. The minimum absolute atomic E-state index is 0.312. The van der Waals surface area contributed by atoms with Crippen molar-refractivity contribution < 1.29 is 9.53 Å². The van der Waals surface area contributed by atoms with Crippen molar-refractivity contribution in [1.29, 1.82) is 0 Å². The molecule has 1 unspecified atom stereocenters. The highest BCUT2D eigenvalue weighted by atomic mass is 35.5. The van der Waals surface area contributed by atoms with E-state index in [9.17, 15) is 4.79 Å². The van der Waals surface area contributed by atoms with Crippen LogP contribution in [0.25, 0.3) is 0 Å². The van der Waals surface area contributed by atoms with E-state index in [0.717, 1.165) is 5.56 Å². The number of amides is 1. The lowest BCUT2D eigenvalue weighted by atomic mass is 10.1. The number of hydrogen-bond donors (Lipinski definition) is 3. The zero-order valence-electron chi connectivity index (χ0n) is 8.87. The van der Waals surface area contributed by atoms with Crippen LogP contribution in [0.5, 0.6) is 5.75 Å². The maximum Gasteiger partial charge on any atom is 0.251 e. The molecule has 0 fully saturated rings. The molecule has 1 aromatic carbocycles. The second-order valence-electron chi connectivity index (χ2n) is 3.28. The van der Waals surface area contributed by atoms with Crippen LogP contribution in [0.1, 0.15) is 5.56 Å². The summed E-state index contributed by atoms with van der Waals surface area (Å²) in [4.78, 5) is 11.2. The molecule has 5 N–H and O–H groups in total. The monoisotopic (exact) mass is 243 g/mol. The van der Waals surface area contributed by atoms with Crippen molar-refractivity contribution in [2.45, 2.75) is 12.5 Å². The van der Waals surface area contributed by atoms with E-state index in [1.807, 2.05) is 5.43 Å². The molecule has 6 heteroatoms. The van der Waals surface area contributed by atoms with E-state index in [-0.39, 0.29) is 0 Å². The lowest BCUT2D eigenvalue weighted by Crippen LogP contribution is -2.45. The highest BCUT2D eigenvalue weighted by Gasteiger charge is 2.15. The van der Waals surface area contributed by atoms with Crippen LogP contribution < -0.4 is 21.7 Å². The average Bonchev–Trinajstić information content (AvgIpc) is 2.28. The van der Waals surface area contributed by atoms with Gasteiger partial charge in [0, 0.05) is 11.4 Å². The zero-order valence-corrected chi connectivity index (χ0v) is 9.62. The molecular formula is C10H14ClN3O2. The average molecular weight is 244 g/mol. The van der Waals surface area contributed by atoms with Crippen LogP contribution in [0.4, 0.5) is 0 Å². The highest BCUT2D eigenvalue weighted by molar-refractivity contribution is 6.30. The van der Waals surface area contributed by atoms with Gasteiger partial charge in [0.2, 0.25) is 0 Å². The van der Waals surface area contributed by atoms with Crippen molar-refractivity contribution >= 4 is 17.5 Å². The first kappa shape index (κ1) is 12.8. The number of nitrogens with one attached hydrogen (secondary N) is 1. The first-order valence-electron chi connectivity index (χ1n) is 4.67. The van der Waals surface area contributed by atoms with Crippen molar-refractivity contribution in [2.75, 3.05) is 7.11 Å². The summed E-state index contributed by atoms with van der Waals surface area (Å²) in [5.74, 6) is 5.20. The fourth-order valence-electron chi connectivity index (χ4n) is 1.34. The molecule has 16 heavy (non-hydrogen) atoms. The van der Waals surface area contributed by atoms with E-state index in [1.165, 1.54) is 0 Å². The molecule has 0 saturated heterocycles. The van der Waals surface area contributed by atoms with Crippen LogP contribution >= 0.6 is 11.6 Å². The molecule has 0 radical (unpaired) electrons. The fraction of sp³-hybridized carbons (Fsp3) is 0.300. The largest absolute Gasteiger partial charge is 0.496 e. The third-order valence-electron chi connectivity index (χ3n) is 2.16. The fourth-order valence-corrected chi connectivity index (χ4v) is 1.54. The first-order chi connectivity index (χ1) is 7.58. The maximum absolute atomic E-state index is 11.2. The predicted octanol–water partition coefficient (Wildman–Crippen LogP) is 0.208. The lowest BCUT2D eigenvalue weighted by Gasteiger charge is -2.13. The Bertz CT molecular complexity index is 384. The Morgan fingerprint density at radius 1 is 1.62 bits per heavy atom. The standard InChI is InChI=1S/C10H14ClN3O2/c1-16-9-3-2-7(11)4-6(9)5-8(12)10(15)14-13/h2-4,8H,5,12-13H2,1H3,(H,14,15). The van der Waals surface area contributed by atoms with Crippen LogP contribution in [0.15, 0.2) is 18.2 Å². The summed E-state index contributed by atoms with van der Waals surface area (Å²) in [7, 11) is 1.54. The number of halogens is 1. The number of hydrazine groups is 1. The molecule has 0 aliphatic rings. The van der Waals surface area contributed by atoms with E-state index in [2.05, 4.69) is 0 Å². The van der Waals surface area contributed by atoms with Gasteiger partial charge in [-0.25, -0.2) is 5.84 Å². The molecule has 0 saturated carbocycles. The predicted molar refractivity (Wildman–Crippen MR) is 62.0 cm³/mol. The molecule has 0 heterocycles. The minimum atomic E-state index is -0.725. The van der Waals surface area contributed by atoms with Crippen LogP contribution in [-0.2, 0) is 11.2 Å². The van der Waals surface area contributed by atoms with Crippen LogP contribution in [0.3, 0.4) is 0 Å². The molecule has 88 valence electrons. The maximum atomic E-state index is 11.2. The van der Waals surface area contributed by atoms with Crippen molar-refractivity contribution in [3.8, 4) is 5.75 Å². The Morgan fingerprint density at radius 2 is 2.31 bits per heavy atom. The molecule has 0 aliphatic heterocycles. The number of nitrogens with two attached hydrogens (primary N) is 2. The molecule has 5 nitrogen and oxygen atoms in total. The van der Waals surface area contributed by atoms with Crippen molar-refractivity contribution in [1.82, 2.24) is 5.43 Å². The number of carbonyl (C=O) groups is 1. The number of ether oxygens (including phenoxy) is 1. The summed E-state index contributed by atoms with van der Waals surface area (Å²) in [5, 5.41) is 0.566. The summed E-state index contributed by atoms with van der Waals surface area (Å²) in [6, 6.07) is 4.42. The van der Waals surface area contributed by atoms with Gasteiger partial charge in [-0.3, -0.25) is 10.2 Å². The summed E-state index contributed by atoms with van der Waals surface area (Å²) >= 11 is 5.85. The normalized spacial score (nSPS) is 12.0. The minimum Gasteiger partial charge on any atom is -0.496 e.